The van der Waals surface area contributed by atoms with E-state index in [2.05, 4.69) is 9.88 Å². The predicted molar refractivity (Wildman–Crippen MR) is 73.0 cm³/mol. The molecule has 0 bridgehead atoms. The van der Waals surface area contributed by atoms with Gasteiger partial charge in [-0.25, -0.2) is 0 Å². The van der Waals surface area contributed by atoms with E-state index in [1.807, 2.05) is 11.7 Å². The lowest BCUT2D eigenvalue weighted by atomic mass is 10.2. The monoisotopic (exact) mass is 284 g/mol. The first-order chi connectivity index (χ1) is 9.28. The van der Waals surface area contributed by atoms with Crippen molar-refractivity contribution in [2.75, 3.05) is 26.8 Å². The second-order valence-electron chi connectivity index (χ2n) is 4.66. The summed E-state index contributed by atoms with van der Waals surface area (Å²) in [6.45, 7) is 3.25. The Hall–Kier alpha value is -0.980. The lowest BCUT2D eigenvalue weighted by Crippen LogP contribution is -2.33. The van der Waals surface area contributed by atoms with Crippen LogP contribution in [0.1, 0.15) is 24.1 Å². The summed E-state index contributed by atoms with van der Waals surface area (Å²) in [6.07, 6.45) is 4.84. The SMILES string of the molecule is COC(=O)CCN(Cc1cncs1)CC1CCCO1. The molecular formula is C13H20N2O3S. The van der Waals surface area contributed by atoms with Crippen molar-refractivity contribution >= 4 is 17.3 Å². The van der Waals surface area contributed by atoms with Gasteiger partial charge in [0.15, 0.2) is 0 Å². The lowest BCUT2D eigenvalue weighted by Gasteiger charge is -2.24. The van der Waals surface area contributed by atoms with Crippen molar-refractivity contribution in [2.24, 2.45) is 0 Å². The van der Waals surface area contributed by atoms with Crippen LogP contribution in [0.25, 0.3) is 0 Å². The van der Waals surface area contributed by atoms with Crippen LogP contribution in [0.4, 0.5) is 0 Å². The molecule has 1 aliphatic rings. The molecule has 0 amide bonds. The van der Waals surface area contributed by atoms with Gasteiger partial charge in [0, 0.05) is 37.3 Å². The summed E-state index contributed by atoms with van der Waals surface area (Å²) < 4.78 is 10.4. The second kappa shape index (κ2) is 7.57. The number of carbonyl (C=O) groups excluding carboxylic acids is 1. The standard InChI is InChI=1S/C13H20N2O3S/c1-17-13(16)4-5-15(8-11-3-2-6-18-11)9-12-7-14-10-19-12/h7,10-11H,2-6,8-9H2,1H3. The first-order valence-electron chi connectivity index (χ1n) is 6.56. The fraction of sp³-hybridized carbons (Fsp3) is 0.692. The Morgan fingerprint density at radius 2 is 2.58 bits per heavy atom. The Labute approximate surface area is 117 Å². The summed E-state index contributed by atoms with van der Waals surface area (Å²) in [5.41, 5.74) is 1.83. The molecule has 1 aromatic heterocycles. The molecule has 0 saturated carbocycles. The zero-order chi connectivity index (χ0) is 13.5. The fourth-order valence-electron chi connectivity index (χ4n) is 2.20. The molecule has 19 heavy (non-hydrogen) atoms. The van der Waals surface area contributed by atoms with Crippen LogP contribution in [0.3, 0.4) is 0 Å². The number of aromatic nitrogens is 1. The molecule has 1 atom stereocenters. The summed E-state index contributed by atoms with van der Waals surface area (Å²) >= 11 is 1.64. The summed E-state index contributed by atoms with van der Waals surface area (Å²) in [5, 5.41) is 0. The highest BCUT2D eigenvalue weighted by atomic mass is 32.1. The highest BCUT2D eigenvalue weighted by molar-refractivity contribution is 7.09. The van der Waals surface area contributed by atoms with E-state index in [4.69, 9.17) is 9.47 Å². The molecule has 0 N–H and O–H groups in total. The number of ether oxygens (including phenoxy) is 2. The van der Waals surface area contributed by atoms with Crippen LogP contribution in [0.15, 0.2) is 11.7 Å². The maximum atomic E-state index is 11.3. The predicted octanol–water partition coefficient (Wildman–Crippen LogP) is 1.69. The molecule has 0 aromatic carbocycles. The van der Waals surface area contributed by atoms with Gasteiger partial charge in [-0.05, 0) is 12.8 Å². The molecule has 0 radical (unpaired) electrons. The van der Waals surface area contributed by atoms with Gasteiger partial charge in [-0.3, -0.25) is 14.7 Å². The molecule has 1 unspecified atom stereocenters. The van der Waals surface area contributed by atoms with Gasteiger partial charge in [0.05, 0.1) is 25.1 Å². The number of nitrogens with zero attached hydrogens (tertiary/aromatic N) is 2. The summed E-state index contributed by atoms with van der Waals surface area (Å²) in [6, 6.07) is 0. The van der Waals surface area contributed by atoms with Gasteiger partial charge in [0.2, 0.25) is 0 Å². The summed E-state index contributed by atoms with van der Waals surface area (Å²) in [7, 11) is 1.43. The lowest BCUT2D eigenvalue weighted by molar-refractivity contribution is -0.141. The van der Waals surface area contributed by atoms with Crippen molar-refractivity contribution in [1.29, 1.82) is 0 Å². The van der Waals surface area contributed by atoms with Crippen LogP contribution >= 0.6 is 11.3 Å². The van der Waals surface area contributed by atoms with Gasteiger partial charge in [0.1, 0.15) is 0 Å². The summed E-state index contributed by atoms with van der Waals surface area (Å²) in [4.78, 5) is 18.8. The van der Waals surface area contributed by atoms with Gasteiger partial charge < -0.3 is 9.47 Å². The molecule has 0 aliphatic carbocycles. The number of thiazole rings is 1. The molecule has 2 heterocycles. The number of hydrogen-bond acceptors (Lipinski definition) is 6. The minimum Gasteiger partial charge on any atom is -0.469 e. The van der Waals surface area contributed by atoms with E-state index in [1.165, 1.54) is 12.0 Å². The van der Waals surface area contributed by atoms with Gasteiger partial charge in [-0.15, -0.1) is 11.3 Å². The third kappa shape index (κ3) is 4.89. The molecule has 106 valence electrons. The van der Waals surface area contributed by atoms with Crippen molar-refractivity contribution in [3.63, 3.8) is 0 Å². The Kier molecular flexibility index (Phi) is 5.75. The van der Waals surface area contributed by atoms with E-state index >= 15 is 0 Å². The minimum atomic E-state index is -0.165. The topological polar surface area (TPSA) is 51.7 Å². The molecular weight excluding hydrogens is 264 g/mol. The van der Waals surface area contributed by atoms with Crippen LogP contribution in [-0.4, -0.2) is 48.8 Å². The zero-order valence-electron chi connectivity index (χ0n) is 11.2. The average Bonchev–Trinajstić information content (AvgIpc) is 3.08. The van der Waals surface area contributed by atoms with Gasteiger partial charge in [-0.1, -0.05) is 0 Å². The molecule has 1 aliphatic heterocycles. The minimum absolute atomic E-state index is 0.165. The van der Waals surface area contributed by atoms with Crippen molar-refractivity contribution in [1.82, 2.24) is 9.88 Å². The fourth-order valence-corrected chi connectivity index (χ4v) is 2.84. The summed E-state index contributed by atoms with van der Waals surface area (Å²) in [5.74, 6) is -0.165. The van der Waals surface area contributed by atoms with Crippen molar-refractivity contribution in [3.05, 3.63) is 16.6 Å². The molecule has 0 spiro atoms. The number of esters is 1. The first kappa shape index (κ1) is 14.4. The van der Waals surface area contributed by atoms with Crippen molar-refractivity contribution in [2.45, 2.75) is 31.9 Å². The molecule has 1 aromatic rings. The Morgan fingerprint density at radius 3 is 3.21 bits per heavy atom. The van der Waals surface area contributed by atoms with E-state index in [1.54, 1.807) is 11.3 Å². The van der Waals surface area contributed by atoms with E-state index in [0.717, 1.165) is 32.5 Å². The third-order valence-electron chi connectivity index (χ3n) is 3.21. The van der Waals surface area contributed by atoms with E-state index in [9.17, 15) is 4.79 Å². The van der Waals surface area contributed by atoms with Crippen LogP contribution in [0.2, 0.25) is 0 Å². The van der Waals surface area contributed by atoms with E-state index in [0.29, 0.717) is 19.1 Å². The molecule has 2 rings (SSSR count). The smallest absolute Gasteiger partial charge is 0.306 e. The molecule has 1 saturated heterocycles. The highest BCUT2D eigenvalue weighted by Crippen LogP contribution is 2.16. The largest absolute Gasteiger partial charge is 0.469 e. The Balaban J connectivity index is 1.85. The number of methoxy groups -OCH3 is 1. The van der Waals surface area contributed by atoms with Crippen LogP contribution in [0.5, 0.6) is 0 Å². The van der Waals surface area contributed by atoms with Crippen LogP contribution in [-0.2, 0) is 20.8 Å². The average molecular weight is 284 g/mol. The normalized spacial score (nSPS) is 18.9. The van der Waals surface area contributed by atoms with Crippen molar-refractivity contribution < 1.29 is 14.3 Å². The number of rotatable bonds is 7. The van der Waals surface area contributed by atoms with Crippen molar-refractivity contribution in [3.8, 4) is 0 Å². The number of carbonyl (C=O) groups is 1. The Morgan fingerprint density at radius 1 is 1.68 bits per heavy atom. The molecule has 5 nitrogen and oxygen atoms in total. The van der Waals surface area contributed by atoms with E-state index in [-0.39, 0.29) is 5.97 Å². The molecule has 6 heteroatoms. The van der Waals surface area contributed by atoms with E-state index < -0.39 is 0 Å². The van der Waals surface area contributed by atoms with Crippen LogP contribution in [0, 0.1) is 0 Å². The van der Waals surface area contributed by atoms with Crippen LogP contribution < -0.4 is 0 Å². The Bertz CT molecular complexity index is 377. The quantitative estimate of drug-likeness (QED) is 0.713. The third-order valence-corrected chi connectivity index (χ3v) is 3.97. The first-order valence-corrected chi connectivity index (χ1v) is 7.44. The molecule has 1 fully saturated rings. The number of hydrogen-bond donors (Lipinski definition) is 0. The maximum absolute atomic E-state index is 11.3. The van der Waals surface area contributed by atoms with Gasteiger partial charge >= 0.3 is 5.97 Å². The van der Waals surface area contributed by atoms with Gasteiger partial charge in [-0.2, -0.15) is 0 Å². The maximum Gasteiger partial charge on any atom is 0.306 e. The zero-order valence-corrected chi connectivity index (χ0v) is 12.0. The second-order valence-corrected chi connectivity index (χ2v) is 5.63. The van der Waals surface area contributed by atoms with Gasteiger partial charge in [0.25, 0.3) is 0 Å². The highest BCUT2D eigenvalue weighted by Gasteiger charge is 2.20.